The molecule has 1 saturated heterocycles. The molecule has 0 aromatic carbocycles. The van der Waals surface area contributed by atoms with E-state index in [9.17, 15) is 5.11 Å². The van der Waals surface area contributed by atoms with E-state index in [-0.39, 0.29) is 6.10 Å². The lowest BCUT2D eigenvalue weighted by atomic mass is 9.59. The molecular formula is C24H47NO. The van der Waals surface area contributed by atoms with Gasteiger partial charge in [-0.25, -0.2) is 0 Å². The van der Waals surface area contributed by atoms with Crippen LogP contribution in [-0.2, 0) is 0 Å². The topological polar surface area (TPSA) is 23.5 Å². The lowest BCUT2D eigenvalue weighted by Crippen LogP contribution is -2.55. The molecule has 0 aromatic rings. The van der Waals surface area contributed by atoms with E-state index in [4.69, 9.17) is 0 Å². The van der Waals surface area contributed by atoms with Crippen molar-refractivity contribution in [3.8, 4) is 0 Å². The van der Waals surface area contributed by atoms with Crippen LogP contribution < -0.4 is 0 Å². The fraction of sp³-hybridized carbons (Fsp3) is 1.00. The maximum atomic E-state index is 10.3. The molecule has 2 heteroatoms. The van der Waals surface area contributed by atoms with Crippen LogP contribution >= 0.6 is 0 Å². The molecule has 154 valence electrons. The molecule has 1 aliphatic carbocycles. The first-order chi connectivity index (χ1) is 12.2. The maximum absolute atomic E-state index is 10.3. The monoisotopic (exact) mass is 365 g/mol. The summed E-state index contributed by atoms with van der Waals surface area (Å²) in [6.45, 7) is 16.8. The number of rotatable bonds is 9. The largest absolute Gasteiger partial charge is 0.393 e. The van der Waals surface area contributed by atoms with Gasteiger partial charge in [-0.3, -0.25) is 0 Å². The van der Waals surface area contributed by atoms with Gasteiger partial charge in [0, 0.05) is 12.6 Å². The summed E-state index contributed by atoms with van der Waals surface area (Å²) < 4.78 is 0. The molecular weight excluding hydrogens is 318 g/mol. The Morgan fingerprint density at radius 1 is 1.00 bits per heavy atom. The van der Waals surface area contributed by atoms with Crippen LogP contribution in [0, 0.1) is 29.1 Å². The number of hydrogen-bond donors (Lipinski definition) is 1. The Kier molecular flexibility index (Phi) is 8.47. The molecule has 0 aromatic heterocycles. The van der Waals surface area contributed by atoms with Crippen molar-refractivity contribution >= 4 is 0 Å². The SMILES string of the molecule is CC(C)CCCC(C)CCCC(C)N1CC[C@@H]2[C@H](C)[C@@H](O)CC[C@@]2(C)C1. The van der Waals surface area contributed by atoms with E-state index in [0.29, 0.717) is 11.3 Å². The molecule has 26 heavy (non-hydrogen) atoms. The minimum absolute atomic E-state index is 0.0609. The maximum Gasteiger partial charge on any atom is 0.0568 e. The van der Waals surface area contributed by atoms with E-state index in [1.807, 2.05) is 0 Å². The number of likely N-dealkylation sites (tertiary alicyclic amines) is 1. The highest BCUT2D eigenvalue weighted by Gasteiger charge is 2.47. The van der Waals surface area contributed by atoms with Gasteiger partial charge >= 0.3 is 0 Å². The number of hydrogen-bond acceptors (Lipinski definition) is 2. The van der Waals surface area contributed by atoms with Crippen LogP contribution in [0.5, 0.6) is 0 Å². The Bertz CT molecular complexity index is 409. The molecule has 0 spiro atoms. The second-order valence-corrected chi connectivity index (χ2v) is 10.7. The highest BCUT2D eigenvalue weighted by molar-refractivity contribution is 4.98. The van der Waals surface area contributed by atoms with Gasteiger partial charge in [0.1, 0.15) is 0 Å². The van der Waals surface area contributed by atoms with Crippen LogP contribution in [0.1, 0.15) is 99.3 Å². The van der Waals surface area contributed by atoms with Gasteiger partial charge in [0.05, 0.1) is 6.10 Å². The van der Waals surface area contributed by atoms with Crippen molar-refractivity contribution in [1.29, 1.82) is 0 Å². The second kappa shape index (κ2) is 9.92. The Hall–Kier alpha value is -0.0800. The highest BCUT2D eigenvalue weighted by Crippen LogP contribution is 2.49. The lowest BCUT2D eigenvalue weighted by molar-refractivity contribution is -0.0842. The molecule has 0 radical (unpaired) electrons. The van der Waals surface area contributed by atoms with Crippen LogP contribution in [0.4, 0.5) is 0 Å². The van der Waals surface area contributed by atoms with E-state index in [1.165, 1.54) is 64.5 Å². The van der Waals surface area contributed by atoms with Crippen molar-refractivity contribution in [3.05, 3.63) is 0 Å². The Balaban J connectivity index is 1.71. The van der Waals surface area contributed by atoms with Gasteiger partial charge in [-0.2, -0.15) is 0 Å². The fourth-order valence-electron chi connectivity index (χ4n) is 5.82. The highest BCUT2D eigenvalue weighted by atomic mass is 16.3. The zero-order valence-electron chi connectivity index (χ0n) is 18.6. The number of aliphatic hydroxyl groups excluding tert-OH is 1. The van der Waals surface area contributed by atoms with Gasteiger partial charge in [0.2, 0.25) is 0 Å². The first kappa shape index (κ1) is 22.2. The minimum atomic E-state index is -0.0609. The zero-order chi connectivity index (χ0) is 19.3. The van der Waals surface area contributed by atoms with Crippen LogP contribution in [0.15, 0.2) is 0 Å². The smallest absolute Gasteiger partial charge is 0.0568 e. The van der Waals surface area contributed by atoms with Crippen molar-refractivity contribution < 1.29 is 5.11 Å². The summed E-state index contributed by atoms with van der Waals surface area (Å²) in [5.74, 6) is 2.95. The standard InChI is InChI=1S/C24H47NO/c1-18(2)9-7-10-19(3)11-8-12-20(4)25-16-14-22-21(5)23(26)13-15-24(22,6)17-25/h18-23,26H,7-17H2,1-6H3/t19?,20?,21-,22+,23-,24-/m0/s1. The van der Waals surface area contributed by atoms with Gasteiger partial charge in [-0.15, -0.1) is 0 Å². The normalized spacial score (nSPS) is 35.3. The molecule has 2 aliphatic rings. The molecule has 1 saturated carbocycles. The van der Waals surface area contributed by atoms with Crippen molar-refractivity contribution in [2.45, 2.75) is 111 Å². The summed E-state index contributed by atoms with van der Waals surface area (Å²) in [5.41, 5.74) is 0.426. The number of piperidine rings is 1. The molecule has 2 unspecified atom stereocenters. The zero-order valence-corrected chi connectivity index (χ0v) is 18.6. The van der Waals surface area contributed by atoms with E-state index >= 15 is 0 Å². The average molecular weight is 366 g/mol. The van der Waals surface area contributed by atoms with Gasteiger partial charge in [-0.1, -0.05) is 66.7 Å². The van der Waals surface area contributed by atoms with Crippen LogP contribution in [-0.4, -0.2) is 35.2 Å². The Labute approximate surface area is 164 Å². The third-order valence-corrected chi connectivity index (χ3v) is 7.86. The summed E-state index contributed by atoms with van der Waals surface area (Å²) in [7, 11) is 0. The summed E-state index contributed by atoms with van der Waals surface area (Å²) in [6, 6.07) is 0.720. The van der Waals surface area contributed by atoms with Crippen LogP contribution in [0.2, 0.25) is 0 Å². The molecule has 2 nitrogen and oxygen atoms in total. The fourth-order valence-corrected chi connectivity index (χ4v) is 5.82. The molecule has 1 N–H and O–H groups in total. The van der Waals surface area contributed by atoms with E-state index < -0.39 is 0 Å². The predicted molar refractivity (Wildman–Crippen MR) is 113 cm³/mol. The van der Waals surface area contributed by atoms with Gasteiger partial charge in [0.15, 0.2) is 0 Å². The quantitative estimate of drug-likeness (QED) is 0.531. The third kappa shape index (κ3) is 5.96. The predicted octanol–water partition coefficient (Wildman–Crippen LogP) is 6.13. The molecule has 0 amide bonds. The van der Waals surface area contributed by atoms with E-state index in [0.717, 1.165) is 30.2 Å². The molecule has 2 rings (SSSR count). The molecule has 1 heterocycles. The summed E-state index contributed by atoms with van der Waals surface area (Å²) in [5, 5.41) is 10.3. The van der Waals surface area contributed by atoms with Crippen molar-refractivity contribution in [2.75, 3.05) is 13.1 Å². The first-order valence-corrected chi connectivity index (χ1v) is 11.6. The van der Waals surface area contributed by atoms with E-state index in [2.05, 4.69) is 46.4 Å². The summed E-state index contributed by atoms with van der Waals surface area (Å²) >= 11 is 0. The van der Waals surface area contributed by atoms with Crippen LogP contribution in [0.25, 0.3) is 0 Å². The van der Waals surface area contributed by atoms with Gasteiger partial charge in [-0.05, 0) is 68.2 Å². The number of nitrogens with zero attached hydrogens (tertiary/aromatic N) is 1. The first-order valence-electron chi connectivity index (χ1n) is 11.6. The summed E-state index contributed by atoms with van der Waals surface area (Å²) in [4.78, 5) is 2.77. The Morgan fingerprint density at radius 3 is 2.31 bits per heavy atom. The number of aliphatic hydroxyl groups is 1. The molecule has 6 atom stereocenters. The average Bonchev–Trinajstić information content (AvgIpc) is 2.57. The van der Waals surface area contributed by atoms with E-state index in [1.54, 1.807) is 0 Å². The second-order valence-electron chi connectivity index (χ2n) is 10.7. The van der Waals surface area contributed by atoms with Crippen LogP contribution in [0.3, 0.4) is 0 Å². The van der Waals surface area contributed by atoms with Crippen molar-refractivity contribution in [2.24, 2.45) is 29.1 Å². The third-order valence-electron chi connectivity index (χ3n) is 7.86. The molecule has 0 bridgehead atoms. The number of fused-ring (bicyclic) bond motifs is 1. The lowest BCUT2D eigenvalue weighted by Gasteiger charge is -2.54. The van der Waals surface area contributed by atoms with Gasteiger partial charge in [0.25, 0.3) is 0 Å². The van der Waals surface area contributed by atoms with Crippen molar-refractivity contribution in [3.63, 3.8) is 0 Å². The molecule has 1 aliphatic heterocycles. The minimum Gasteiger partial charge on any atom is -0.393 e. The van der Waals surface area contributed by atoms with Gasteiger partial charge < -0.3 is 10.0 Å². The Morgan fingerprint density at radius 2 is 1.65 bits per heavy atom. The van der Waals surface area contributed by atoms with Crippen molar-refractivity contribution in [1.82, 2.24) is 4.90 Å². The summed E-state index contributed by atoms with van der Waals surface area (Å²) in [6.07, 6.45) is 11.8. The molecule has 2 fully saturated rings.